The van der Waals surface area contributed by atoms with Gasteiger partial charge >= 0.3 is 0 Å². The van der Waals surface area contributed by atoms with Crippen molar-refractivity contribution in [1.82, 2.24) is 0 Å². The molecule has 0 amide bonds. The molecule has 0 aliphatic heterocycles. The summed E-state index contributed by atoms with van der Waals surface area (Å²) < 4.78 is 6.58. The summed E-state index contributed by atoms with van der Waals surface area (Å²) >= 11 is 9.42. The third-order valence-electron chi connectivity index (χ3n) is 2.71. The van der Waals surface area contributed by atoms with Gasteiger partial charge in [0, 0.05) is 10.0 Å². The molecule has 0 fully saturated rings. The Kier molecular flexibility index (Phi) is 4.66. The molecule has 0 saturated heterocycles. The molecule has 2 aromatic rings. The zero-order valence-corrected chi connectivity index (χ0v) is 12.9. The van der Waals surface area contributed by atoms with E-state index in [4.69, 9.17) is 21.6 Å². The van der Waals surface area contributed by atoms with Crippen LogP contribution in [0.25, 0.3) is 0 Å². The van der Waals surface area contributed by atoms with Crippen LogP contribution in [-0.4, -0.2) is 5.11 Å². The molecule has 0 spiro atoms. The van der Waals surface area contributed by atoms with Gasteiger partial charge in [0.1, 0.15) is 11.5 Å². The van der Waals surface area contributed by atoms with Crippen molar-refractivity contribution in [2.45, 2.75) is 13.0 Å². The number of nitrogens with zero attached hydrogens (tertiary/aromatic N) is 1. The first kappa shape index (κ1) is 14.9. The molecular formula is C15H11BrClNO2. The molecule has 3 nitrogen and oxygen atoms in total. The van der Waals surface area contributed by atoms with E-state index >= 15 is 0 Å². The highest BCUT2D eigenvalue weighted by Crippen LogP contribution is 2.35. The summed E-state index contributed by atoms with van der Waals surface area (Å²) in [5, 5.41) is 19.2. The van der Waals surface area contributed by atoms with Crippen LogP contribution in [0.2, 0.25) is 5.02 Å². The average molecular weight is 353 g/mol. The molecule has 0 heterocycles. The second-order valence-corrected chi connectivity index (χ2v) is 5.54. The molecule has 0 aliphatic rings. The van der Waals surface area contributed by atoms with Crippen molar-refractivity contribution in [3.05, 3.63) is 57.0 Å². The van der Waals surface area contributed by atoms with Crippen molar-refractivity contribution < 1.29 is 9.84 Å². The maximum Gasteiger partial charge on any atom is 0.147 e. The summed E-state index contributed by atoms with van der Waals surface area (Å²) in [6.07, 6.45) is -0.705. The highest BCUT2D eigenvalue weighted by molar-refractivity contribution is 9.10. The van der Waals surface area contributed by atoms with E-state index in [1.54, 1.807) is 43.3 Å². The first-order valence-electron chi connectivity index (χ1n) is 5.86. The first-order valence-corrected chi connectivity index (χ1v) is 7.03. The van der Waals surface area contributed by atoms with Crippen LogP contribution in [0.4, 0.5) is 0 Å². The molecule has 0 unspecified atom stereocenters. The topological polar surface area (TPSA) is 53.2 Å². The Balaban J connectivity index is 2.46. The molecule has 102 valence electrons. The minimum Gasteiger partial charge on any atom is -0.455 e. The molecule has 1 atom stereocenters. The molecule has 0 saturated carbocycles. The Morgan fingerprint density at radius 1 is 1.25 bits per heavy atom. The van der Waals surface area contributed by atoms with E-state index in [2.05, 4.69) is 15.9 Å². The molecular weight excluding hydrogens is 342 g/mol. The van der Waals surface area contributed by atoms with Gasteiger partial charge in [-0.25, -0.2) is 0 Å². The van der Waals surface area contributed by atoms with E-state index in [0.29, 0.717) is 27.6 Å². The predicted octanol–water partition coefficient (Wildman–Crippen LogP) is 4.82. The number of benzene rings is 2. The summed E-state index contributed by atoms with van der Waals surface area (Å²) in [7, 11) is 0. The SMILES string of the molecule is C[C@@H](O)c1ccc(C#N)cc1Oc1cc(Br)ccc1Cl. The van der Waals surface area contributed by atoms with E-state index in [1.807, 2.05) is 6.07 Å². The number of aliphatic hydroxyl groups excluding tert-OH is 1. The van der Waals surface area contributed by atoms with Gasteiger partial charge in [0.25, 0.3) is 0 Å². The van der Waals surface area contributed by atoms with Crippen molar-refractivity contribution in [3.8, 4) is 17.6 Å². The van der Waals surface area contributed by atoms with Crippen LogP contribution in [0, 0.1) is 11.3 Å². The Hall–Kier alpha value is -1.54. The summed E-state index contributed by atoms with van der Waals surface area (Å²) in [6.45, 7) is 1.64. The molecule has 0 bridgehead atoms. The molecule has 0 aliphatic carbocycles. The monoisotopic (exact) mass is 351 g/mol. The maximum absolute atomic E-state index is 9.76. The number of nitriles is 1. The van der Waals surface area contributed by atoms with E-state index in [1.165, 1.54) is 0 Å². The van der Waals surface area contributed by atoms with Gasteiger partial charge in [-0.3, -0.25) is 0 Å². The normalized spacial score (nSPS) is 11.8. The predicted molar refractivity (Wildman–Crippen MR) is 81.0 cm³/mol. The standard InChI is InChI=1S/C15H11BrClNO2/c1-9(19)12-4-2-10(8-18)6-14(12)20-15-7-11(16)3-5-13(15)17/h2-7,9,19H,1H3/t9-/m1/s1. The van der Waals surface area contributed by atoms with Crippen LogP contribution in [0.1, 0.15) is 24.2 Å². The molecule has 20 heavy (non-hydrogen) atoms. The number of halogens is 2. The zero-order valence-electron chi connectivity index (χ0n) is 10.6. The molecule has 1 N–H and O–H groups in total. The van der Waals surface area contributed by atoms with Gasteiger partial charge < -0.3 is 9.84 Å². The molecule has 5 heteroatoms. The zero-order chi connectivity index (χ0) is 14.7. The lowest BCUT2D eigenvalue weighted by atomic mass is 10.1. The van der Waals surface area contributed by atoms with Crippen molar-refractivity contribution >= 4 is 27.5 Å². The van der Waals surface area contributed by atoms with Crippen molar-refractivity contribution in [1.29, 1.82) is 5.26 Å². The maximum atomic E-state index is 9.76. The van der Waals surface area contributed by atoms with Crippen LogP contribution < -0.4 is 4.74 Å². The number of rotatable bonds is 3. The summed E-state index contributed by atoms with van der Waals surface area (Å²) in [5.74, 6) is 0.872. The average Bonchev–Trinajstić information content (AvgIpc) is 2.42. The summed E-state index contributed by atoms with van der Waals surface area (Å²) in [4.78, 5) is 0. The second kappa shape index (κ2) is 6.27. The summed E-state index contributed by atoms with van der Waals surface area (Å²) in [6, 6.07) is 12.2. The first-order chi connectivity index (χ1) is 9.51. The highest BCUT2D eigenvalue weighted by atomic mass is 79.9. The number of ether oxygens (including phenoxy) is 1. The van der Waals surface area contributed by atoms with Gasteiger partial charge in [0.2, 0.25) is 0 Å². The number of hydrogen-bond acceptors (Lipinski definition) is 3. The quantitative estimate of drug-likeness (QED) is 0.861. The van der Waals surface area contributed by atoms with Gasteiger partial charge in [0.05, 0.1) is 22.8 Å². The largest absolute Gasteiger partial charge is 0.455 e. The fourth-order valence-electron chi connectivity index (χ4n) is 1.71. The number of hydrogen-bond donors (Lipinski definition) is 1. The third-order valence-corrected chi connectivity index (χ3v) is 3.51. The third kappa shape index (κ3) is 3.31. The second-order valence-electron chi connectivity index (χ2n) is 4.22. The Labute approximate surface area is 130 Å². The van der Waals surface area contributed by atoms with Crippen LogP contribution in [0.3, 0.4) is 0 Å². The van der Waals surface area contributed by atoms with Crippen molar-refractivity contribution in [2.75, 3.05) is 0 Å². The Morgan fingerprint density at radius 2 is 2.00 bits per heavy atom. The minimum atomic E-state index is -0.705. The minimum absolute atomic E-state index is 0.416. The van der Waals surface area contributed by atoms with Crippen molar-refractivity contribution in [3.63, 3.8) is 0 Å². The van der Waals surface area contributed by atoms with Gasteiger partial charge in [-0.2, -0.15) is 5.26 Å². The molecule has 2 rings (SSSR count). The lowest BCUT2D eigenvalue weighted by Gasteiger charge is -2.14. The Morgan fingerprint density at radius 3 is 2.65 bits per heavy atom. The van der Waals surface area contributed by atoms with E-state index in [-0.39, 0.29) is 0 Å². The fraction of sp³-hybridized carbons (Fsp3) is 0.133. The van der Waals surface area contributed by atoms with Gasteiger partial charge in [-0.05, 0) is 37.3 Å². The molecule has 0 radical (unpaired) electrons. The Bertz CT molecular complexity index is 680. The van der Waals surface area contributed by atoms with Crippen molar-refractivity contribution in [2.24, 2.45) is 0 Å². The molecule has 0 aromatic heterocycles. The fourth-order valence-corrected chi connectivity index (χ4v) is 2.21. The van der Waals surface area contributed by atoms with Crippen LogP contribution in [0.5, 0.6) is 11.5 Å². The smallest absolute Gasteiger partial charge is 0.147 e. The van der Waals surface area contributed by atoms with E-state index in [0.717, 1.165) is 4.47 Å². The van der Waals surface area contributed by atoms with Gasteiger partial charge in [-0.15, -0.1) is 0 Å². The van der Waals surface area contributed by atoms with Crippen LogP contribution >= 0.6 is 27.5 Å². The summed E-state index contributed by atoms with van der Waals surface area (Å²) in [5.41, 5.74) is 1.05. The lowest BCUT2D eigenvalue weighted by molar-refractivity contribution is 0.195. The number of aliphatic hydroxyl groups is 1. The van der Waals surface area contributed by atoms with E-state index in [9.17, 15) is 5.11 Å². The van der Waals surface area contributed by atoms with E-state index < -0.39 is 6.10 Å². The van der Waals surface area contributed by atoms with Gasteiger partial charge in [-0.1, -0.05) is 33.6 Å². The lowest BCUT2D eigenvalue weighted by Crippen LogP contribution is -1.97. The van der Waals surface area contributed by atoms with Crippen LogP contribution in [0.15, 0.2) is 40.9 Å². The van der Waals surface area contributed by atoms with Crippen LogP contribution in [-0.2, 0) is 0 Å². The molecule has 2 aromatic carbocycles. The highest BCUT2D eigenvalue weighted by Gasteiger charge is 2.13. The van der Waals surface area contributed by atoms with Gasteiger partial charge in [0.15, 0.2) is 0 Å².